The fourth-order valence-electron chi connectivity index (χ4n) is 1.78. The third-order valence-electron chi connectivity index (χ3n) is 2.85. The molecule has 2 nitrogen and oxygen atoms in total. The molecule has 0 amide bonds. The Balaban J connectivity index is 2.95. The third-order valence-corrected chi connectivity index (χ3v) is 2.85. The molecule has 0 bridgehead atoms. The van der Waals surface area contributed by atoms with Crippen LogP contribution in [0, 0.1) is 5.82 Å². The molecule has 0 aliphatic rings. The van der Waals surface area contributed by atoms with Crippen LogP contribution in [0.4, 0.5) is 4.39 Å². The summed E-state index contributed by atoms with van der Waals surface area (Å²) in [6.45, 7) is 8.49. The van der Waals surface area contributed by atoms with Crippen LogP contribution in [0.1, 0.15) is 39.7 Å². The van der Waals surface area contributed by atoms with Crippen molar-refractivity contribution in [3.63, 3.8) is 0 Å². The lowest BCUT2D eigenvalue weighted by Crippen LogP contribution is -2.22. The molecule has 1 rings (SSSR count). The maximum absolute atomic E-state index is 13.8. The normalized spacial score (nSPS) is 11.9. The van der Waals surface area contributed by atoms with E-state index in [-0.39, 0.29) is 17.3 Å². The molecule has 96 valence electrons. The van der Waals surface area contributed by atoms with E-state index >= 15 is 0 Å². The fraction of sp³-hybridized carbons (Fsp3) is 0.571. The molecule has 0 aromatic heterocycles. The number of ether oxygens (including phenoxy) is 1. The van der Waals surface area contributed by atoms with Crippen molar-refractivity contribution in [1.82, 2.24) is 0 Å². The van der Waals surface area contributed by atoms with Gasteiger partial charge in [-0.05, 0) is 49.9 Å². The summed E-state index contributed by atoms with van der Waals surface area (Å²) in [5.74, 6) is 0.00796. The maximum Gasteiger partial charge on any atom is 0.165 e. The summed E-state index contributed by atoms with van der Waals surface area (Å²) in [6.07, 6.45) is 0.809. The van der Waals surface area contributed by atoms with E-state index < -0.39 is 0 Å². The molecule has 1 aromatic carbocycles. The number of hydrogen-bond acceptors (Lipinski definition) is 2. The van der Waals surface area contributed by atoms with Crippen LogP contribution in [0.25, 0.3) is 0 Å². The smallest absolute Gasteiger partial charge is 0.165 e. The maximum atomic E-state index is 13.8. The zero-order valence-corrected chi connectivity index (χ0v) is 11.1. The average molecular weight is 239 g/mol. The molecule has 0 saturated carbocycles. The lowest BCUT2D eigenvalue weighted by atomic mass is 9.81. The van der Waals surface area contributed by atoms with E-state index in [1.165, 1.54) is 0 Å². The zero-order valence-electron chi connectivity index (χ0n) is 11.1. The first kappa shape index (κ1) is 14.0. The fourth-order valence-corrected chi connectivity index (χ4v) is 1.78. The van der Waals surface area contributed by atoms with E-state index in [2.05, 4.69) is 13.8 Å². The number of hydrogen-bond donors (Lipinski definition) is 1. The minimum atomic E-state index is -0.304. The van der Waals surface area contributed by atoms with Gasteiger partial charge in [0.25, 0.3) is 0 Å². The molecule has 17 heavy (non-hydrogen) atoms. The Kier molecular flexibility index (Phi) is 4.52. The highest BCUT2D eigenvalue weighted by atomic mass is 19.1. The Labute approximate surface area is 103 Å². The summed E-state index contributed by atoms with van der Waals surface area (Å²) in [7, 11) is 0. The van der Waals surface area contributed by atoms with Crippen molar-refractivity contribution < 1.29 is 9.13 Å². The first-order valence-electron chi connectivity index (χ1n) is 6.03. The first-order valence-corrected chi connectivity index (χ1v) is 6.03. The minimum Gasteiger partial charge on any atom is -0.488 e. The Morgan fingerprint density at radius 1 is 1.35 bits per heavy atom. The lowest BCUT2D eigenvalue weighted by molar-refractivity contribution is 0.231. The molecular weight excluding hydrogens is 217 g/mol. The summed E-state index contributed by atoms with van der Waals surface area (Å²) >= 11 is 0. The largest absolute Gasteiger partial charge is 0.488 e. The lowest BCUT2D eigenvalue weighted by Gasteiger charge is -2.25. The summed E-state index contributed by atoms with van der Waals surface area (Å²) in [4.78, 5) is 0. The topological polar surface area (TPSA) is 35.2 Å². The Hall–Kier alpha value is -1.09. The molecule has 0 heterocycles. The van der Waals surface area contributed by atoms with Gasteiger partial charge in [0, 0.05) is 0 Å². The van der Waals surface area contributed by atoms with Gasteiger partial charge < -0.3 is 10.5 Å². The van der Waals surface area contributed by atoms with Crippen LogP contribution in [-0.2, 0) is 5.41 Å². The molecule has 1 aromatic rings. The van der Waals surface area contributed by atoms with Crippen LogP contribution < -0.4 is 10.5 Å². The molecule has 3 heteroatoms. The van der Waals surface area contributed by atoms with Crippen molar-refractivity contribution in [1.29, 1.82) is 0 Å². The van der Waals surface area contributed by atoms with Gasteiger partial charge in [-0.1, -0.05) is 19.9 Å². The predicted molar refractivity (Wildman–Crippen MR) is 68.9 cm³/mol. The van der Waals surface area contributed by atoms with Crippen LogP contribution >= 0.6 is 0 Å². The van der Waals surface area contributed by atoms with Crippen molar-refractivity contribution in [3.05, 3.63) is 29.6 Å². The number of benzene rings is 1. The SMILES string of the molecule is CC(C)Oc1ccc(C(C)(C)CCN)cc1F. The molecule has 2 N–H and O–H groups in total. The number of halogens is 1. The highest BCUT2D eigenvalue weighted by Gasteiger charge is 2.21. The van der Waals surface area contributed by atoms with Crippen LogP contribution in [0.15, 0.2) is 18.2 Å². The molecule has 0 atom stereocenters. The standard InChI is InChI=1S/C14H22FNO/c1-10(2)17-13-6-5-11(9-12(13)15)14(3,4)7-8-16/h5-6,9-10H,7-8,16H2,1-4H3. The van der Waals surface area contributed by atoms with Gasteiger partial charge in [-0.2, -0.15) is 0 Å². The molecular formula is C14H22FNO. The third kappa shape index (κ3) is 3.70. The molecule has 0 fully saturated rings. The summed E-state index contributed by atoms with van der Waals surface area (Å²) < 4.78 is 19.2. The molecule has 0 spiro atoms. The second-order valence-electron chi connectivity index (χ2n) is 5.23. The highest BCUT2D eigenvalue weighted by Crippen LogP contribution is 2.30. The van der Waals surface area contributed by atoms with Crippen LogP contribution in [0.5, 0.6) is 5.75 Å². The first-order chi connectivity index (χ1) is 7.86. The molecule has 0 saturated heterocycles. The van der Waals surface area contributed by atoms with Crippen molar-refractivity contribution in [2.24, 2.45) is 5.73 Å². The van der Waals surface area contributed by atoms with Crippen molar-refractivity contribution >= 4 is 0 Å². The van der Waals surface area contributed by atoms with Crippen molar-refractivity contribution in [2.75, 3.05) is 6.54 Å². The van der Waals surface area contributed by atoms with Gasteiger partial charge in [-0.3, -0.25) is 0 Å². The molecule has 0 aliphatic carbocycles. The summed E-state index contributed by atoms with van der Waals surface area (Å²) in [5, 5.41) is 0. The molecule has 0 aliphatic heterocycles. The van der Waals surface area contributed by atoms with E-state index in [0.717, 1.165) is 12.0 Å². The van der Waals surface area contributed by atoms with E-state index in [1.807, 2.05) is 19.9 Å². The van der Waals surface area contributed by atoms with Gasteiger partial charge in [0.1, 0.15) is 0 Å². The Morgan fingerprint density at radius 3 is 2.47 bits per heavy atom. The second kappa shape index (κ2) is 5.50. The van der Waals surface area contributed by atoms with E-state index in [4.69, 9.17) is 10.5 Å². The summed E-state index contributed by atoms with van der Waals surface area (Å²) in [6, 6.07) is 5.16. The van der Waals surface area contributed by atoms with Gasteiger partial charge >= 0.3 is 0 Å². The summed E-state index contributed by atoms with van der Waals surface area (Å²) in [5.41, 5.74) is 6.42. The zero-order chi connectivity index (χ0) is 13.1. The van der Waals surface area contributed by atoms with E-state index in [0.29, 0.717) is 12.3 Å². The van der Waals surface area contributed by atoms with Gasteiger partial charge in [-0.25, -0.2) is 4.39 Å². The van der Waals surface area contributed by atoms with Gasteiger partial charge in [-0.15, -0.1) is 0 Å². The molecule has 0 radical (unpaired) electrons. The number of nitrogens with two attached hydrogens (primary N) is 1. The average Bonchev–Trinajstić information content (AvgIpc) is 2.20. The number of rotatable bonds is 5. The Bertz CT molecular complexity index is 374. The van der Waals surface area contributed by atoms with Gasteiger partial charge in [0.2, 0.25) is 0 Å². The van der Waals surface area contributed by atoms with Crippen LogP contribution in [0.3, 0.4) is 0 Å². The van der Waals surface area contributed by atoms with Gasteiger partial charge in [0.15, 0.2) is 11.6 Å². The minimum absolute atomic E-state index is 0.0209. The predicted octanol–water partition coefficient (Wildman–Crippen LogP) is 3.24. The van der Waals surface area contributed by atoms with Crippen molar-refractivity contribution in [2.45, 2.75) is 45.6 Å². The van der Waals surface area contributed by atoms with Crippen LogP contribution in [0.2, 0.25) is 0 Å². The van der Waals surface area contributed by atoms with E-state index in [1.54, 1.807) is 12.1 Å². The van der Waals surface area contributed by atoms with Crippen molar-refractivity contribution in [3.8, 4) is 5.75 Å². The second-order valence-corrected chi connectivity index (χ2v) is 5.23. The van der Waals surface area contributed by atoms with E-state index in [9.17, 15) is 4.39 Å². The van der Waals surface area contributed by atoms with Crippen LogP contribution in [-0.4, -0.2) is 12.6 Å². The quantitative estimate of drug-likeness (QED) is 0.856. The van der Waals surface area contributed by atoms with Gasteiger partial charge in [0.05, 0.1) is 6.10 Å². The monoisotopic (exact) mass is 239 g/mol. The molecule has 0 unspecified atom stereocenters. The Morgan fingerprint density at radius 2 is 2.00 bits per heavy atom. The highest BCUT2D eigenvalue weighted by molar-refractivity contribution is 5.33.